The molecule has 0 radical (unpaired) electrons. The van der Waals surface area contributed by atoms with E-state index >= 15 is 0 Å². The maximum absolute atomic E-state index is 11.0. The van der Waals surface area contributed by atoms with Crippen LogP contribution in [-0.4, -0.2) is 19.0 Å². The highest BCUT2D eigenvalue weighted by Gasteiger charge is 2.28. The molecule has 0 N–H and O–H groups in total. The molecular weight excluding hydrogens is 288 g/mol. The Morgan fingerprint density at radius 3 is 2.57 bits per heavy atom. The minimum absolute atomic E-state index is 0.321. The van der Waals surface area contributed by atoms with Gasteiger partial charge in [-0.1, -0.05) is 30.3 Å². The highest BCUT2D eigenvalue weighted by atomic mass is 16.5. The number of benzene rings is 2. The number of hydrogen-bond acceptors (Lipinski definition) is 3. The molecule has 1 heterocycles. The van der Waals surface area contributed by atoms with Crippen molar-refractivity contribution in [3.05, 3.63) is 65.2 Å². The zero-order valence-corrected chi connectivity index (χ0v) is 13.6. The SMILES string of the molecule is COc1cc2c(cc1CC=O)C(c1ccccc1)=CC(C)(C)O2. The maximum Gasteiger partial charge on any atom is 0.132 e. The quantitative estimate of drug-likeness (QED) is 0.800. The van der Waals surface area contributed by atoms with Gasteiger partial charge in [-0.25, -0.2) is 0 Å². The first-order valence-corrected chi connectivity index (χ1v) is 7.66. The molecule has 0 saturated heterocycles. The molecule has 0 amide bonds. The van der Waals surface area contributed by atoms with Crippen molar-refractivity contribution < 1.29 is 14.3 Å². The smallest absolute Gasteiger partial charge is 0.132 e. The molecule has 0 bridgehead atoms. The lowest BCUT2D eigenvalue weighted by Gasteiger charge is -2.32. The van der Waals surface area contributed by atoms with Crippen LogP contribution in [0.15, 0.2) is 48.5 Å². The van der Waals surface area contributed by atoms with E-state index in [0.717, 1.165) is 34.3 Å². The van der Waals surface area contributed by atoms with Crippen LogP contribution in [0.3, 0.4) is 0 Å². The van der Waals surface area contributed by atoms with Gasteiger partial charge in [-0.3, -0.25) is 0 Å². The summed E-state index contributed by atoms with van der Waals surface area (Å²) in [5.41, 5.74) is 3.70. The Labute approximate surface area is 136 Å². The number of fused-ring (bicyclic) bond motifs is 1. The van der Waals surface area contributed by atoms with E-state index < -0.39 is 5.60 Å². The number of methoxy groups -OCH3 is 1. The summed E-state index contributed by atoms with van der Waals surface area (Å²) >= 11 is 0. The van der Waals surface area contributed by atoms with Crippen molar-refractivity contribution in [2.24, 2.45) is 0 Å². The van der Waals surface area contributed by atoms with E-state index in [9.17, 15) is 4.79 Å². The third kappa shape index (κ3) is 3.00. The van der Waals surface area contributed by atoms with Crippen LogP contribution in [0.25, 0.3) is 5.57 Å². The molecule has 2 aromatic rings. The Hall–Kier alpha value is -2.55. The van der Waals surface area contributed by atoms with Crippen LogP contribution in [-0.2, 0) is 11.2 Å². The van der Waals surface area contributed by atoms with Crippen LogP contribution < -0.4 is 9.47 Å². The largest absolute Gasteiger partial charge is 0.496 e. The highest BCUT2D eigenvalue weighted by Crippen LogP contribution is 2.42. The van der Waals surface area contributed by atoms with Gasteiger partial charge in [-0.15, -0.1) is 0 Å². The number of rotatable bonds is 4. The number of hydrogen-bond donors (Lipinski definition) is 0. The van der Waals surface area contributed by atoms with Crippen molar-refractivity contribution in [1.82, 2.24) is 0 Å². The van der Waals surface area contributed by atoms with Crippen LogP contribution in [0.5, 0.6) is 11.5 Å². The zero-order chi connectivity index (χ0) is 16.4. The third-order valence-corrected chi connectivity index (χ3v) is 3.93. The highest BCUT2D eigenvalue weighted by molar-refractivity contribution is 5.85. The molecule has 118 valence electrons. The fraction of sp³-hybridized carbons (Fsp3) is 0.250. The molecule has 0 fully saturated rings. The second-order valence-corrected chi connectivity index (χ2v) is 6.16. The zero-order valence-electron chi connectivity index (χ0n) is 13.6. The molecule has 0 unspecified atom stereocenters. The van der Waals surface area contributed by atoms with Crippen molar-refractivity contribution in [3.63, 3.8) is 0 Å². The summed E-state index contributed by atoms with van der Waals surface area (Å²) in [6.45, 7) is 4.06. The van der Waals surface area contributed by atoms with E-state index in [1.54, 1.807) is 7.11 Å². The lowest BCUT2D eigenvalue weighted by atomic mass is 9.88. The average molecular weight is 308 g/mol. The predicted octanol–water partition coefficient (Wildman–Crippen LogP) is 4.04. The first kappa shape index (κ1) is 15.3. The Bertz CT molecular complexity index is 758. The summed E-state index contributed by atoms with van der Waals surface area (Å²) < 4.78 is 11.5. The second-order valence-electron chi connectivity index (χ2n) is 6.16. The molecular formula is C20H20O3. The van der Waals surface area contributed by atoms with E-state index in [1.165, 1.54) is 0 Å². The predicted molar refractivity (Wildman–Crippen MR) is 91.0 cm³/mol. The summed E-state index contributed by atoms with van der Waals surface area (Å²) in [5, 5.41) is 0. The summed E-state index contributed by atoms with van der Waals surface area (Å²) in [6, 6.07) is 14.1. The molecule has 0 spiro atoms. The van der Waals surface area contributed by atoms with E-state index in [-0.39, 0.29) is 0 Å². The summed E-state index contributed by atoms with van der Waals surface area (Å²) in [4.78, 5) is 11.0. The van der Waals surface area contributed by atoms with Crippen molar-refractivity contribution in [2.75, 3.05) is 7.11 Å². The van der Waals surface area contributed by atoms with Gasteiger partial charge in [0.1, 0.15) is 23.4 Å². The Morgan fingerprint density at radius 1 is 1.17 bits per heavy atom. The monoisotopic (exact) mass is 308 g/mol. The van der Waals surface area contributed by atoms with Gasteiger partial charge in [-0.05, 0) is 37.1 Å². The molecule has 1 aliphatic rings. The Kier molecular flexibility index (Phi) is 3.95. The van der Waals surface area contributed by atoms with E-state index in [2.05, 4.69) is 18.2 Å². The summed E-state index contributed by atoms with van der Waals surface area (Å²) in [7, 11) is 1.61. The van der Waals surface area contributed by atoms with Gasteiger partial charge in [0.25, 0.3) is 0 Å². The number of carbonyl (C=O) groups excluding carboxylic acids is 1. The molecule has 0 atom stereocenters. The Morgan fingerprint density at radius 2 is 1.91 bits per heavy atom. The molecule has 3 heteroatoms. The lowest BCUT2D eigenvalue weighted by Crippen LogP contribution is -2.29. The van der Waals surface area contributed by atoms with E-state index in [0.29, 0.717) is 12.2 Å². The van der Waals surface area contributed by atoms with Gasteiger partial charge in [0, 0.05) is 23.6 Å². The Balaban J connectivity index is 2.20. The second kappa shape index (κ2) is 5.92. The molecule has 3 nitrogen and oxygen atoms in total. The topological polar surface area (TPSA) is 35.5 Å². The van der Waals surface area contributed by atoms with Gasteiger partial charge in [0.05, 0.1) is 7.11 Å². The molecule has 0 aliphatic carbocycles. The first-order chi connectivity index (χ1) is 11.0. The van der Waals surface area contributed by atoms with Crippen LogP contribution >= 0.6 is 0 Å². The minimum atomic E-state index is -0.407. The van der Waals surface area contributed by atoms with E-state index in [4.69, 9.17) is 9.47 Å². The van der Waals surface area contributed by atoms with Crippen molar-refractivity contribution in [1.29, 1.82) is 0 Å². The normalized spacial score (nSPS) is 15.2. The first-order valence-electron chi connectivity index (χ1n) is 7.66. The van der Waals surface area contributed by atoms with Gasteiger partial charge < -0.3 is 14.3 Å². The molecule has 0 aromatic heterocycles. The van der Waals surface area contributed by atoms with Crippen molar-refractivity contribution >= 4 is 11.9 Å². The maximum atomic E-state index is 11.0. The van der Waals surface area contributed by atoms with Crippen LogP contribution in [0.2, 0.25) is 0 Å². The van der Waals surface area contributed by atoms with Crippen LogP contribution in [0.1, 0.15) is 30.5 Å². The van der Waals surface area contributed by atoms with Gasteiger partial charge in [-0.2, -0.15) is 0 Å². The summed E-state index contributed by atoms with van der Waals surface area (Å²) in [6.07, 6.45) is 3.34. The third-order valence-electron chi connectivity index (χ3n) is 3.93. The molecule has 1 aliphatic heterocycles. The van der Waals surface area contributed by atoms with Gasteiger partial charge in [0.15, 0.2) is 0 Å². The molecule has 0 saturated carbocycles. The molecule has 23 heavy (non-hydrogen) atoms. The standard InChI is InChI=1S/C20H20O3/c1-20(2)13-17(14-7-5-4-6-8-14)16-11-15(9-10-21)18(22-3)12-19(16)23-20/h4-8,10-13H,9H2,1-3H3. The van der Waals surface area contributed by atoms with Crippen molar-refractivity contribution in [2.45, 2.75) is 25.9 Å². The summed E-state index contributed by atoms with van der Waals surface area (Å²) in [5.74, 6) is 1.46. The fourth-order valence-electron chi connectivity index (χ4n) is 2.94. The molecule has 3 rings (SSSR count). The van der Waals surface area contributed by atoms with Gasteiger partial charge in [0.2, 0.25) is 0 Å². The minimum Gasteiger partial charge on any atom is -0.496 e. The van der Waals surface area contributed by atoms with E-state index in [1.807, 2.05) is 44.2 Å². The average Bonchev–Trinajstić information content (AvgIpc) is 2.54. The fourth-order valence-corrected chi connectivity index (χ4v) is 2.94. The van der Waals surface area contributed by atoms with Gasteiger partial charge >= 0.3 is 0 Å². The number of aldehydes is 1. The van der Waals surface area contributed by atoms with Crippen molar-refractivity contribution in [3.8, 4) is 11.5 Å². The number of carbonyl (C=O) groups is 1. The molecule has 2 aromatic carbocycles. The van der Waals surface area contributed by atoms with Crippen LogP contribution in [0.4, 0.5) is 0 Å². The lowest BCUT2D eigenvalue weighted by molar-refractivity contribution is -0.107. The van der Waals surface area contributed by atoms with Crippen LogP contribution in [0, 0.1) is 0 Å². The number of ether oxygens (including phenoxy) is 2.